The number of benzene rings is 5. The molecular weight excluding hydrogens is 716 g/mol. The number of halogens is 1. The van der Waals surface area contributed by atoms with Crippen molar-refractivity contribution in [1.29, 1.82) is 0 Å². The van der Waals surface area contributed by atoms with Crippen molar-refractivity contribution in [1.82, 2.24) is 10.3 Å². The lowest BCUT2D eigenvalue weighted by Gasteiger charge is -2.17. The van der Waals surface area contributed by atoms with Crippen molar-refractivity contribution in [2.24, 2.45) is 0 Å². The number of phenolic OH excluding ortho intramolecular Hbond substituents is 1. The molecule has 0 bridgehead atoms. The Bertz CT molecular complexity index is 2230. The first-order valence-corrected chi connectivity index (χ1v) is 18.0. The van der Waals surface area contributed by atoms with Gasteiger partial charge >= 0.3 is 0 Å². The van der Waals surface area contributed by atoms with Crippen LogP contribution in [-0.4, -0.2) is 34.9 Å². The Morgan fingerprint density at radius 3 is 2.33 bits per heavy atom. The third-order valence-corrected chi connectivity index (χ3v) is 9.86. The van der Waals surface area contributed by atoms with E-state index in [-0.39, 0.29) is 17.4 Å². The molecule has 0 aliphatic rings. The molecule has 0 spiro atoms. The van der Waals surface area contributed by atoms with E-state index in [0.717, 1.165) is 16.8 Å². The fraction of sp³-hybridized carbons (Fsp3) is 0.0500. The van der Waals surface area contributed by atoms with Crippen LogP contribution in [0.25, 0.3) is 17.3 Å². The number of carbonyl (C=O) groups is 3. The van der Waals surface area contributed by atoms with Crippen LogP contribution in [0.2, 0.25) is 5.02 Å². The zero-order chi connectivity index (χ0) is 36.5. The zero-order valence-corrected chi connectivity index (χ0v) is 30.0. The summed E-state index contributed by atoms with van der Waals surface area (Å²) in [6.45, 7) is 0. The first-order chi connectivity index (χ1) is 25.2. The standard InChI is InChI=1S/C40H31ClN4O5S2/c1-50-35-23-31(46)20-17-28(35)21-33(43-37(47)27-11-6-3-7-12-27)38(48)42-30-13-8-14-32(22-30)52-36(26-9-4-2-5-10-26)39(49)45-40-44-34(24-51-40)25-15-18-29(41)19-16-25/h2-24,36,46H,1H3,(H,42,48)(H,43,47)(H,44,45,49)/b33-21+. The molecule has 0 radical (unpaired) electrons. The predicted molar refractivity (Wildman–Crippen MR) is 208 cm³/mol. The van der Waals surface area contributed by atoms with Crippen LogP contribution < -0.4 is 20.7 Å². The van der Waals surface area contributed by atoms with Gasteiger partial charge in [0.05, 0.1) is 12.8 Å². The molecule has 1 atom stereocenters. The van der Waals surface area contributed by atoms with Gasteiger partial charge in [-0.25, -0.2) is 4.98 Å². The number of hydrogen-bond donors (Lipinski definition) is 4. The van der Waals surface area contributed by atoms with Gasteiger partial charge in [0.1, 0.15) is 22.4 Å². The van der Waals surface area contributed by atoms with Gasteiger partial charge < -0.3 is 25.8 Å². The van der Waals surface area contributed by atoms with Crippen LogP contribution in [0.1, 0.15) is 26.7 Å². The molecule has 1 unspecified atom stereocenters. The molecule has 0 fully saturated rings. The van der Waals surface area contributed by atoms with E-state index in [1.54, 1.807) is 66.7 Å². The van der Waals surface area contributed by atoms with Gasteiger partial charge in [0.2, 0.25) is 5.91 Å². The van der Waals surface area contributed by atoms with E-state index in [9.17, 15) is 19.5 Å². The molecule has 6 rings (SSSR count). The van der Waals surface area contributed by atoms with Crippen LogP contribution in [0, 0.1) is 0 Å². The highest BCUT2D eigenvalue weighted by atomic mass is 35.5. The smallest absolute Gasteiger partial charge is 0.272 e. The molecule has 0 aliphatic carbocycles. The van der Waals surface area contributed by atoms with Crippen LogP contribution in [0.5, 0.6) is 11.5 Å². The number of thioether (sulfide) groups is 1. The summed E-state index contributed by atoms with van der Waals surface area (Å²) in [6.07, 6.45) is 1.47. The molecule has 1 aromatic heterocycles. The number of hydrogen-bond acceptors (Lipinski definition) is 8. The minimum Gasteiger partial charge on any atom is -0.508 e. The second-order valence-corrected chi connectivity index (χ2v) is 13.7. The SMILES string of the molecule is COc1cc(O)ccc1/C=C(/NC(=O)c1ccccc1)C(=O)Nc1cccc(SC(C(=O)Nc2nc(-c3ccc(Cl)cc3)cs2)c2ccccc2)c1. The summed E-state index contributed by atoms with van der Waals surface area (Å²) in [5.74, 6) is -1.05. The van der Waals surface area contributed by atoms with Crippen LogP contribution in [-0.2, 0) is 9.59 Å². The molecule has 0 saturated carbocycles. The van der Waals surface area contributed by atoms with Crippen LogP contribution >= 0.6 is 34.7 Å². The molecule has 52 heavy (non-hydrogen) atoms. The maximum atomic E-state index is 13.8. The lowest BCUT2D eigenvalue weighted by Crippen LogP contribution is -2.30. The average molecular weight is 747 g/mol. The van der Waals surface area contributed by atoms with Gasteiger partial charge in [-0.1, -0.05) is 78.3 Å². The first-order valence-electron chi connectivity index (χ1n) is 15.9. The van der Waals surface area contributed by atoms with Crippen LogP contribution in [0.3, 0.4) is 0 Å². The Kier molecular flexibility index (Phi) is 11.7. The highest BCUT2D eigenvalue weighted by Gasteiger charge is 2.24. The van der Waals surface area contributed by atoms with Crippen molar-refractivity contribution >= 4 is 69.3 Å². The Morgan fingerprint density at radius 1 is 0.865 bits per heavy atom. The van der Waals surface area contributed by atoms with Crippen molar-refractivity contribution in [3.05, 3.63) is 160 Å². The average Bonchev–Trinajstić information content (AvgIpc) is 3.63. The molecule has 1 heterocycles. The number of ether oxygens (including phenoxy) is 1. The molecule has 0 aliphatic heterocycles. The maximum Gasteiger partial charge on any atom is 0.272 e. The molecule has 260 valence electrons. The second-order valence-electron chi connectivity index (χ2n) is 11.2. The van der Waals surface area contributed by atoms with E-state index in [1.807, 2.05) is 53.9 Å². The summed E-state index contributed by atoms with van der Waals surface area (Å²) in [4.78, 5) is 46.0. The Hall–Kier alpha value is -5.88. The molecule has 9 nitrogen and oxygen atoms in total. The lowest BCUT2D eigenvalue weighted by atomic mass is 10.1. The number of aromatic hydroxyl groups is 1. The quantitative estimate of drug-likeness (QED) is 0.0727. The number of nitrogens with one attached hydrogen (secondary N) is 3. The van der Waals surface area contributed by atoms with Crippen LogP contribution in [0.15, 0.2) is 143 Å². The fourth-order valence-electron chi connectivity index (χ4n) is 5.05. The van der Waals surface area contributed by atoms with Gasteiger partial charge in [0.15, 0.2) is 5.13 Å². The molecule has 5 aromatic carbocycles. The number of thiazole rings is 1. The molecule has 0 saturated heterocycles. The van der Waals surface area contributed by atoms with E-state index in [2.05, 4.69) is 20.9 Å². The van der Waals surface area contributed by atoms with Crippen molar-refractivity contribution in [3.63, 3.8) is 0 Å². The fourth-order valence-corrected chi connectivity index (χ4v) is 6.99. The highest BCUT2D eigenvalue weighted by molar-refractivity contribution is 8.00. The van der Waals surface area contributed by atoms with E-state index in [1.165, 1.54) is 48.4 Å². The monoisotopic (exact) mass is 746 g/mol. The van der Waals surface area contributed by atoms with E-state index in [0.29, 0.717) is 37.6 Å². The molecular formula is C40H31ClN4O5S2. The largest absolute Gasteiger partial charge is 0.508 e. The molecule has 12 heteroatoms. The number of methoxy groups -OCH3 is 1. The number of phenols is 1. The third kappa shape index (κ3) is 9.26. The van der Waals surface area contributed by atoms with E-state index < -0.39 is 17.1 Å². The van der Waals surface area contributed by atoms with Crippen molar-refractivity contribution < 1.29 is 24.2 Å². The Labute approximate surface area is 313 Å². The summed E-state index contributed by atoms with van der Waals surface area (Å²) in [6, 6.07) is 36.8. The van der Waals surface area contributed by atoms with Crippen LogP contribution in [0.4, 0.5) is 10.8 Å². The third-order valence-electron chi connectivity index (χ3n) is 7.61. The topological polar surface area (TPSA) is 130 Å². The number of nitrogens with zero attached hydrogens (tertiary/aromatic N) is 1. The van der Waals surface area contributed by atoms with Gasteiger partial charge in [-0.2, -0.15) is 0 Å². The minimum absolute atomic E-state index is 0.0144. The van der Waals surface area contributed by atoms with E-state index >= 15 is 0 Å². The summed E-state index contributed by atoms with van der Waals surface area (Å²) in [5.41, 5.74) is 3.59. The predicted octanol–water partition coefficient (Wildman–Crippen LogP) is 9.06. The number of aromatic nitrogens is 1. The van der Waals surface area contributed by atoms with Gasteiger partial charge in [0.25, 0.3) is 11.8 Å². The van der Waals surface area contributed by atoms with E-state index in [4.69, 9.17) is 16.3 Å². The number of anilines is 2. The van der Waals surface area contributed by atoms with Crippen molar-refractivity contribution in [2.75, 3.05) is 17.7 Å². The van der Waals surface area contributed by atoms with Gasteiger partial charge in [0, 0.05) is 43.7 Å². The number of carbonyl (C=O) groups excluding carboxylic acids is 3. The molecule has 6 aromatic rings. The van der Waals surface area contributed by atoms with Gasteiger partial charge in [-0.15, -0.1) is 23.1 Å². The summed E-state index contributed by atoms with van der Waals surface area (Å²) >= 11 is 8.68. The van der Waals surface area contributed by atoms with Crippen molar-refractivity contribution in [3.8, 4) is 22.8 Å². The number of rotatable bonds is 12. The van der Waals surface area contributed by atoms with Gasteiger partial charge in [-0.3, -0.25) is 14.4 Å². The summed E-state index contributed by atoms with van der Waals surface area (Å²) in [5, 5.41) is 20.8. The summed E-state index contributed by atoms with van der Waals surface area (Å²) < 4.78 is 5.39. The van der Waals surface area contributed by atoms with Gasteiger partial charge in [-0.05, 0) is 66.2 Å². The van der Waals surface area contributed by atoms with Crippen molar-refractivity contribution in [2.45, 2.75) is 10.1 Å². The Balaban J connectivity index is 1.23. The maximum absolute atomic E-state index is 13.8. The zero-order valence-electron chi connectivity index (χ0n) is 27.6. The molecule has 4 N–H and O–H groups in total. The lowest BCUT2D eigenvalue weighted by molar-refractivity contribution is -0.116. The first kappa shape index (κ1) is 35.9. The Morgan fingerprint density at radius 2 is 1.60 bits per heavy atom. The molecule has 3 amide bonds. The minimum atomic E-state index is -0.655. The normalized spacial score (nSPS) is 11.7. The number of amides is 3. The highest BCUT2D eigenvalue weighted by Crippen LogP contribution is 2.38. The second kappa shape index (κ2) is 16.9. The summed E-state index contributed by atoms with van der Waals surface area (Å²) in [7, 11) is 1.44.